The van der Waals surface area contributed by atoms with Gasteiger partial charge in [0.2, 0.25) is 5.95 Å². The Labute approximate surface area is 113 Å². The second kappa shape index (κ2) is 5.57. The predicted molar refractivity (Wildman–Crippen MR) is 78.3 cm³/mol. The van der Waals surface area contributed by atoms with Gasteiger partial charge in [0.25, 0.3) is 0 Å². The summed E-state index contributed by atoms with van der Waals surface area (Å²) in [6.45, 7) is 8.60. The minimum Gasteiger partial charge on any atom is -0.348 e. The van der Waals surface area contributed by atoms with Gasteiger partial charge < -0.3 is 9.88 Å². The number of aromatic nitrogens is 2. The summed E-state index contributed by atoms with van der Waals surface area (Å²) in [5.41, 5.74) is 1.06. The fraction of sp³-hybridized carbons (Fsp3) is 0.500. The van der Waals surface area contributed by atoms with Crippen molar-refractivity contribution in [2.75, 3.05) is 5.32 Å². The average molecular weight is 263 g/mol. The number of rotatable bonds is 5. The Hall–Kier alpha value is -1.29. The number of aryl methyl sites for hydroxylation is 1. The molecular weight excluding hydrogens is 242 g/mol. The zero-order chi connectivity index (χ0) is 13.1. The van der Waals surface area contributed by atoms with Crippen LogP contribution in [-0.2, 0) is 0 Å². The first-order valence-electron chi connectivity index (χ1n) is 6.47. The Balaban J connectivity index is 2.22. The Kier molecular flexibility index (Phi) is 4.07. The second-order valence-corrected chi connectivity index (χ2v) is 5.81. The largest absolute Gasteiger partial charge is 0.348 e. The van der Waals surface area contributed by atoms with Crippen molar-refractivity contribution < 1.29 is 0 Å². The molecule has 4 heteroatoms. The van der Waals surface area contributed by atoms with E-state index < -0.39 is 0 Å². The lowest BCUT2D eigenvalue weighted by Gasteiger charge is -2.19. The molecule has 0 saturated carbocycles. The number of anilines is 1. The smallest absolute Gasteiger partial charge is 0.203 e. The van der Waals surface area contributed by atoms with Crippen LogP contribution in [0.15, 0.2) is 23.7 Å². The van der Waals surface area contributed by atoms with Gasteiger partial charge in [-0.1, -0.05) is 13.0 Å². The first kappa shape index (κ1) is 13.1. The lowest BCUT2D eigenvalue weighted by Crippen LogP contribution is -2.13. The van der Waals surface area contributed by atoms with Gasteiger partial charge >= 0.3 is 0 Å². The van der Waals surface area contributed by atoms with E-state index in [1.165, 1.54) is 4.88 Å². The van der Waals surface area contributed by atoms with Gasteiger partial charge in [-0.05, 0) is 38.6 Å². The fourth-order valence-corrected chi connectivity index (χ4v) is 2.90. The van der Waals surface area contributed by atoms with Crippen LogP contribution in [-0.4, -0.2) is 9.55 Å². The SMILES string of the molecule is CCC(Nc1nc(C)cn1C(C)C)c1cccs1. The van der Waals surface area contributed by atoms with E-state index in [-0.39, 0.29) is 0 Å². The van der Waals surface area contributed by atoms with Crippen LogP contribution in [0.5, 0.6) is 0 Å². The molecule has 0 amide bonds. The van der Waals surface area contributed by atoms with Crippen LogP contribution in [0.3, 0.4) is 0 Å². The quantitative estimate of drug-likeness (QED) is 0.866. The highest BCUT2D eigenvalue weighted by Crippen LogP contribution is 2.27. The average Bonchev–Trinajstić information content (AvgIpc) is 2.94. The van der Waals surface area contributed by atoms with Gasteiger partial charge in [-0.25, -0.2) is 4.98 Å². The zero-order valence-electron chi connectivity index (χ0n) is 11.5. The van der Waals surface area contributed by atoms with E-state index in [9.17, 15) is 0 Å². The number of nitrogens with one attached hydrogen (secondary N) is 1. The number of hydrogen-bond donors (Lipinski definition) is 1. The van der Waals surface area contributed by atoms with Crippen molar-refractivity contribution in [2.24, 2.45) is 0 Å². The molecule has 2 aromatic heterocycles. The molecule has 98 valence electrons. The van der Waals surface area contributed by atoms with Gasteiger partial charge in [-0.15, -0.1) is 11.3 Å². The third-order valence-corrected chi connectivity index (χ3v) is 3.99. The summed E-state index contributed by atoms with van der Waals surface area (Å²) < 4.78 is 2.20. The monoisotopic (exact) mass is 263 g/mol. The normalized spacial score (nSPS) is 12.9. The van der Waals surface area contributed by atoms with Crippen molar-refractivity contribution in [3.63, 3.8) is 0 Å². The summed E-state index contributed by atoms with van der Waals surface area (Å²) in [5, 5.41) is 5.69. The molecule has 3 nitrogen and oxygen atoms in total. The van der Waals surface area contributed by atoms with Crippen molar-refractivity contribution in [3.8, 4) is 0 Å². The summed E-state index contributed by atoms with van der Waals surface area (Å²) in [7, 11) is 0. The fourth-order valence-electron chi connectivity index (χ4n) is 2.04. The van der Waals surface area contributed by atoms with Crippen LogP contribution in [0.25, 0.3) is 0 Å². The van der Waals surface area contributed by atoms with Gasteiger partial charge in [0.1, 0.15) is 0 Å². The van der Waals surface area contributed by atoms with E-state index in [1.807, 2.05) is 6.92 Å². The topological polar surface area (TPSA) is 29.9 Å². The van der Waals surface area contributed by atoms with Gasteiger partial charge in [0, 0.05) is 17.1 Å². The molecule has 0 spiro atoms. The number of imidazole rings is 1. The molecule has 1 unspecified atom stereocenters. The molecule has 2 heterocycles. The van der Waals surface area contributed by atoms with Crippen LogP contribution < -0.4 is 5.32 Å². The van der Waals surface area contributed by atoms with Crippen molar-refractivity contribution in [3.05, 3.63) is 34.3 Å². The summed E-state index contributed by atoms with van der Waals surface area (Å²) in [5.74, 6) is 0.975. The summed E-state index contributed by atoms with van der Waals surface area (Å²) >= 11 is 1.80. The van der Waals surface area contributed by atoms with Crippen LogP contribution in [0.4, 0.5) is 5.95 Å². The van der Waals surface area contributed by atoms with E-state index in [4.69, 9.17) is 0 Å². The van der Waals surface area contributed by atoms with E-state index in [1.54, 1.807) is 11.3 Å². The molecule has 0 saturated heterocycles. The van der Waals surface area contributed by atoms with E-state index in [0.29, 0.717) is 12.1 Å². The molecule has 2 rings (SSSR count). The molecule has 18 heavy (non-hydrogen) atoms. The molecular formula is C14H21N3S. The minimum absolute atomic E-state index is 0.351. The van der Waals surface area contributed by atoms with Crippen molar-refractivity contribution >= 4 is 17.3 Å². The molecule has 1 atom stereocenters. The van der Waals surface area contributed by atoms with E-state index in [0.717, 1.165) is 18.1 Å². The molecule has 0 radical (unpaired) electrons. The Morgan fingerprint density at radius 1 is 1.44 bits per heavy atom. The first-order valence-corrected chi connectivity index (χ1v) is 7.35. The third kappa shape index (κ3) is 2.75. The molecule has 0 aliphatic heterocycles. The first-order chi connectivity index (χ1) is 8.61. The van der Waals surface area contributed by atoms with Crippen LogP contribution in [0.2, 0.25) is 0 Å². The van der Waals surface area contributed by atoms with Gasteiger partial charge in [0.05, 0.1) is 11.7 Å². The maximum absolute atomic E-state index is 4.59. The maximum atomic E-state index is 4.59. The van der Waals surface area contributed by atoms with Crippen molar-refractivity contribution in [1.82, 2.24) is 9.55 Å². The molecule has 0 aliphatic rings. The predicted octanol–water partition coefficient (Wildman–Crippen LogP) is 4.40. The maximum Gasteiger partial charge on any atom is 0.203 e. The minimum atomic E-state index is 0.351. The van der Waals surface area contributed by atoms with Crippen LogP contribution in [0, 0.1) is 6.92 Å². The van der Waals surface area contributed by atoms with Crippen molar-refractivity contribution in [2.45, 2.75) is 46.2 Å². The summed E-state index contributed by atoms with van der Waals surface area (Å²) in [6.07, 6.45) is 3.17. The Morgan fingerprint density at radius 3 is 2.78 bits per heavy atom. The van der Waals surface area contributed by atoms with Gasteiger partial charge in [0.15, 0.2) is 0 Å². The molecule has 2 aromatic rings. The zero-order valence-corrected chi connectivity index (χ0v) is 12.3. The van der Waals surface area contributed by atoms with Crippen LogP contribution >= 0.6 is 11.3 Å². The Bertz CT molecular complexity index is 485. The number of nitrogens with zero attached hydrogens (tertiary/aromatic N) is 2. The summed E-state index contributed by atoms with van der Waals surface area (Å²) in [4.78, 5) is 5.95. The van der Waals surface area contributed by atoms with Gasteiger partial charge in [-0.2, -0.15) is 0 Å². The highest BCUT2D eigenvalue weighted by atomic mass is 32.1. The number of hydrogen-bond acceptors (Lipinski definition) is 3. The van der Waals surface area contributed by atoms with E-state index >= 15 is 0 Å². The highest BCUT2D eigenvalue weighted by Gasteiger charge is 2.15. The second-order valence-electron chi connectivity index (χ2n) is 4.83. The molecule has 0 fully saturated rings. The molecule has 0 aliphatic carbocycles. The summed E-state index contributed by atoms with van der Waals surface area (Å²) in [6, 6.07) is 5.06. The van der Waals surface area contributed by atoms with E-state index in [2.05, 4.69) is 59.3 Å². The molecule has 1 N–H and O–H groups in total. The van der Waals surface area contributed by atoms with Gasteiger partial charge in [-0.3, -0.25) is 0 Å². The van der Waals surface area contributed by atoms with Crippen molar-refractivity contribution in [1.29, 1.82) is 0 Å². The lowest BCUT2D eigenvalue weighted by atomic mass is 10.2. The number of thiophene rings is 1. The highest BCUT2D eigenvalue weighted by molar-refractivity contribution is 7.10. The standard InChI is InChI=1S/C14H21N3S/c1-5-12(13-7-6-8-18-13)16-14-15-11(4)9-17(14)10(2)3/h6-10,12H,5H2,1-4H3,(H,15,16). The Morgan fingerprint density at radius 2 is 2.22 bits per heavy atom. The van der Waals surface area contributed by atoms with Crippen LogP contribution in [0.1, 0.15) is 49.8 Å². The lowest BCUT2D eigenvalue weighted by molar-refractivity contribution is 0.596. The molecule has 0 aromatic carbocycles. The third-order valence-electron chi connectivity index (χ3n) is 3.01. The molecule has 0 bridgehead atoms.